The van der Waals surface area contributed by atoms with Gasteiger partial charge in [-0.2, -0.15) is 9.67 Å². The summed E-state index contributed by atoms with van der Waals surface area (Å²) >= 11 is 6.24. The highest BCUT2D eigenvalue weighted by molar-refractivity contribution is 6.33. The normalized spacial score (nSPS) is 22.7. The molecule has 4 rings (SSSR count). The van der Waals surface area contributed by atoms with Gasteiger partial charge in [0, 0.05) is 23.4 Å². The van der Waals surface area contributed by atoms with Crippen molar-refractivity contribution in [1.29, 1.82) is 0 Å². The maximum absolute atomic E-state index is 6.24. The van der Waals surface area contributed by atoms with Gasteiger partial charge in [-0.25, -0.2) is 5.10 Å². The Kier molecular flexibility index (Phi) is 4.65. The van der Waals surface area contributed by atoms with Gasteiger partial charge in [0.2, 0.25) is 5.88 Å². The van der Waals surface area contributed by atoms with E-state index in [4.69, 9.17) is 31.8 Å². The van der Waals surface area contributed by atoms with Crippen LogP contribution in [-0.4, -0.2) is 47.1 Å². The van der Waals surface area contributed by atoms with Crippen LogP contribution in [0.2, 0.25) is 5.15 Å². The van der Waals surface area contributed by atoms with E-state index in [0.717, 1.165) is 36.4 Å². The number of nitrogens with two attached hydrogens (primary N) is 1. The van der Waals surface area contributed by atoms with Crippen molar-refractivity contribution in [1.82, 2.24) is 15.1 Å². The van der Waals surface area contributed by atoms with Crippen molar-refractivity contribution in [2.24, 2.45) is 16.1 Å². The summed E-state index contributed by atoms with van der Waals surface area (Å²) in [5, 5.41) is 7.54. The van der Waals surface area contributed by atoms with Crippen LogP contribution < -0.4 is 15.7 Å². The molecule has 4 N–H and O–H groups in total. The average molecular weight is 393 g/mol. The monoisotopic (exact) mass is 392 g/mol. The third-order valence-electron chi connectivity index (χ3n) is 4.72. The molecule has 2 aromatic heterocycles. The SMILES string of the molecule is CC(=NCC1(C)COC1)/C1=C(\N)OCCC[n+]2[nH]c(Cl)c3cnc(nc32)N1. The van der Waals surface area contributed by atoms with Crippen LogP contribution in [0, 0.1) is 5.41 Å². The fraction of sp³-hybridized carbons (Fsp3) is 0.529. The van der Waals surface area contributed by atoms with Gasteiger partial charge in [0.05, 0.1) is 31.7 Å². The van der Waals surface area contributed by atoms with Crippen molar-refractivity contribution < 1.29 is 14.2 Å². The van der Waals surface area contributed by atoms with E-state index < -0.39 is 0 Å². The first-order valence-corrected chi connectivity index (χ1v) is 9.26. The van der Waals surface area contributed by atoms with Crippen molar-refractivity contribution in [3.63, 3.8) is 0 Å². The van der Waals surface area contributed by atoms with Gasteiger partial charge < -0.3 is 15.2 Å². The zero-order valence-corrected chi connectivity index (χ0v) is 16.1. The standard InChI is InChI=1S/C17H22ClN7O2/c1-10(21-7-17(2)8-26-9-17)12-14(19)27-5-3-4-25-15-11(13(18)24-25)6-20-16(22-12)23-15/h6H,3-5,7-9H2,1-2H3,(H3,19,20,21,22,23,24)/p+1. The van der Waals surface area contributed by atoms with E-state index in [-0.39, 0.29) is 11.3 Å². The van der Waals surface area contributed by atoms with Gasteiger partial charge in [0.25, 0.3) is 0 Å². The number of hydrogen-bond acceptors (Lipinski definition) is 7. The number of nitrogens with one attached hydrogen (secondary N) is 2. The number of H-pyrrole nitrogens is 1. The second kappa shape index (κ2) is 6.97. The molecular formula is C17H23ClN7O2+. The fourth-order valence-corrected chi connectivity index (χ4v) is 3.27. The smallest absolute Gasteiger partial charge is 0.358 e. The highest BCUT2D eigenvalue weighted by atomic mass is 35.5. The van der Waals surface area contributed by atoms with Crippen LogP contribution >= 0.6 is 11.6 Å². The summed E-state index contributed by atoms with van der Waals surface area (Å²) in [6.07, 6.45) is 2.43. The second-order valence-corrected chi connectivity index (χ2v) is 7.66. The summed E-state index contributed by atoms with van der Waals surface area (Å²) in [6, 6.07) is 0. The number of aryl methyl sites for hydroxylation is 1. The van der Waals surface area contributed by atoms with E-state index in [1.54, 1.807) is 6.20 Å². The molecule has 0 spiro atoms. The Morgan fingerprint density at radius 2 is 2.30 bits per heavy atom. The number of allylic oxidation sites excluding steroid dienone is 1. The Bertz CT molecular complexity index is 933. The lowest BCUT2D eigenvalue weighted by molar-refractivity contribution is -0.728. The highest BCUT2D eigenvalue weighted by Gasteiger charge is 2.33. The quantitative estimate of drug-likeness (QED) is 0.536. The lowest BCUT2D eigenvalue weighted by Crippen LogP contribution is -2.42. The molecule has 1 fully saturated rings. The van der Waals surface area contributed by atoms with E-state index >= 15 is 0 Å². The molecular weight excluding hydrogens is 370 g/mol. The van der Waals surface area contributed by atoms with Crippen molar-refractivity contribution in [3.05, 3.63) is 22.9 Å². The molecule has 2 aliphatic rings. The molecule has 0 atom stereocenters. The Balaban J connectivity index is 1.68. The van der Waals surface area contributed by atoms with Crippen LogP contribution in [0.5, 0.6) is 0 Å². The topological polar surface area (TPSA) is 114 Å². The zero-order valence-electron chi connectivity index (χ0n) is 15.4. The minimum atomic E-state index is 0.0771. The van der Waals surface area contributed by atoms with E-state index in [0.29, 0.717) is 36.5 Å². The van der Waals surface area contributed by atoms with E-state index in [1.807, 2.05) is 11.6 Å². The number of fused-ring (bicyclic) bond motifs is 1. The Morgan fingerprint density at radius 1 is 1.48 bits per heavy atom. The number of anilines is 1. The maximum Gasteiger partial charge on any atom is 0.358 e. The molecule has 2 aromatic rings. The minimum absolute atomic E-state index is 0.0771. The first-order valence-electron chi connectivity index (χ1n) is 8.88. The van der Waals surface area contributed by atoms with Crippen molar-refractivity contribution in [3.8, 4) is 0 Å². The van der Waals surface area contributed by atoms with Crippen molar-refractivity contribution in [2.45, 2.75) is 26.8 Å². The number of halogens is 1. The van der Waals surface area contributed by atoms with E-state index in [9.17, 15) is 0 Å². The summed E-state index contributed by atoms with van der Waals surface area (Å²) in [5.41, 5.74) is 8.31. The number of nitrogens with zero attached hydrogens (tertiary/aromatic N) is 4. The average Bonchev–Trinajstić information content (AvgIpc) is 2.93. The van der Waals surface area contributed by atoms with Gasteiger partial charge in [-0.3, -0.25) is 10.3 Å². The Labute approximate surface area is 161 Å². The highest BCUT2D eigenvalue weighted by Crippen LogP contribution is 2.27. The molecule has 9 nitrogen and oxygen atoms in total. The van der Waals surface area contributed by atoms with Gasteiger partial charge in [-0.15, -0.1) is 0 Å². The summed E-state index contributed by atoms with van der Waals surface area (Å²) in [5.74, 6) is 0.687. The molecule has 0 radical (unpaired) electrons. The molecule has 144 valence electrons. The molecule has 0 aliphatic carbocycles. The Morgan fingerprint density at radius 3 is 3.04 bits per heavy atom. The van der Waals surface area contributed by atoms with Crippen LogP contribution in [0.4, 0.5) is 5.95 Å². The van der Waals surface area contributed by atoms with Gasteiger partial charge in [-0.1, -0.05) is 18.5 Å². The molecule has 0 aromatic carbocycles. The predicted octanol–water partition coefficient (Wildman–Crippen LogP) is 1.36. The van der Waals surface area contributed by atoms with Crippen molar-refractivity contribution in [2.75, 3.05) is 31.7 Å². The van der Waals surface area contributed by atoms with Crippen LogP contribution in [-0.2, 0) is 16.0 Å². The van der Waals surface area contributed by atoms with Crippen LogP contribution in [0.1, 0.15) is 20.3 Å². The number of hydrogen-bond donors (Lipinski definition) is 3. The summed E-state index contributed by atoms with van der Waals surface area (Å²) in [4.78, 5) is 13.6. The van der Waals surface area contributed by atoms with Gasteiger partial charge in [-0.05, 0) is 6.92 Å². The summed E-state index contributed by atoms with van der Waals surface area (Å²) < 4.78 is 12.9. The summed E-state index contributed by atoms with van der Waals surface area (Å²) in [7, 11) is 0. The molecule has 10 heteroatoms. The lowest BCUT2D eigenvalue weighted by Gasteiger charge is -2.36. The molecule has 2 aliphatic heterocycles. The van der Waals surface area contributed by atoms with Gasteiger partial charge in [0.1, 0.15) is 17.6 Å². The Hall–Kier alpha value is -2.39. The second-order valence-electron chi connectivity index (χ2n) is 7.28. The van der Waals surface area contributed by atoms with E-state index in [1.165, 1.54) is 0 Å². The number of aliphatic imine (C=N–C) groups is 1. The third-order valence-corrected chi connectivity index (χ3v) is 5.01. The lowest BCUT2D eigenvalue weighted by atomic mass is 9.89. The zero-order chi connectivity index (χ0) is 19.0. The van der Waals surface area contributed by atoms with Crippen LogP contribution in [0.3, 0.4) is 0 Å². The number of rotatable bonds is 3. The minimum Gasteiger partial charge on any atom is -0.478 e. The molecule has 0 amide bonds. The maximum atomic E-state index is 6.24. The fourth-order valence-electron chi connectivity index (χ4n) is 3.04. The number of ether oxygens (including phenoxy) is 2. The molecule has 0 saturated carbocycles. The predicted molar refractivity (Wildman–Crippen MR) is 101 cm³/mol. The molecule has 27 heavy (non-hydrogen) atoms. The first kappa shape index (κ1) is 18.0. The van der Waals surface area contributed by atoms with E-state index in [2.05, 4.69) is 27.3 Å². The van der Waals surface area contributed by atoms with Gasteiger partial charge in [0.15, 0.2) is 5.15 Å². The first-order chi connectivity index (χ1) is 13.0. The molecule has 4 heterocycles. The van der Waals surface area contributed by atoms with Gasteiger partial charge >= 0.3 is 11.6 Å². The third kappa shape index (κ3) is 3.57. The number of aromatic nitrogens is 4. The summed E-state index contributed by atoms with van der Waals surface area (Å²) in [6.45, 7) is 7.28. The largest absolute Gasteiger partial charge is 0.478 e. The van der Waals surface area contributed by atoms with Crippen molar-refractivity contribution >= 4 is 34.3 Å². The number of aromatic amines is 1. The van der Waals surface area contributed by atoms with Crippen LogP contribution in [0.15, 0.2) is 22.8 Å². The molecule has 2 bridgehead atoms. The molecule has 1 saturated heterocycles. The molecule has 0 unspecified atom stereocenters. The van der Waals surface area contributed by atoms with Crippen LogP contribution in [0.25, 0.3) is 11.0 Å².